The van der Waals surface area contributed by atoms with Gasteiger partial charge in [-0.25, -0.2) is 9.97 Å². The van der Waals surface area contributed by atoms with Crippen LogP contribution in [-0.4, -0.2) is 32.4 Å². The third-order valence-electron chi connectivity index (χ3n) is 6.74. The number of aliphatic hydroxyl groups is 1. The normalized spacial score (nSPS) is 14.9. The molecule has 4 N–H and O–H groups in total. The summed E-state index contributed by atoms with van der Waals surface area (Å²) in [7, 11) is 0. The van der Waals surface area contributed by atoms with Crippen molar-refractivity contribution in [2.24, 2.45) is 0 Å². The van der Waals surface area contributed by atoms with Crippen molar-refractivity contribution in [2.75, 3.05) is 12.3 Å². The highest BCUT2D eigenvalue weighted by Gasteiger charge is 2.42. The predicted octanol–water partition coefficient (Wildman–Crippen LogP) is 4.63. The zero-order valence-corrected chi connectivity index (χ0v) is 17.8. The average Bonchev–Trinajstić information content (AvgIpc) is 3.22. The van der Waals surface area contributed by atoms with E-state index < -0.39 is 0 Å². The minimum atomic E-state index is -0.0544. The van der Waals surface area contributed by atoms with Gasteiger partial charge in [0.2, 0.25) is 5.95 Å². The molecule has 6 heteroatoms. The summed E-state index contributed by atoms with van der Waals surface area (Å²) in [6.07, 6.45) is 9.73. The molecule has 1 aliphatic carbocycles. The van der Waals surface area contributed by atoms with Gasteiger partial charge in [-0.2, -0.15) is 0 Å². The van der Waals surface area contributed by atoms with Gasteiger partial charge in [-0.3, -0.25) is 4.79 Å². The number of benzene rings is 2. The largest absolute Gasteiger partial charge is 0.396 e. The number of H-pyrrole nitrogens is 1. The van der Waals surface area contributed by atoms with E-state index in [4.69, 9.17) is 10.8 Å². The van der Waals surface area contributed by atoms with Crippen LogP contribution in [0.5, 0.6) is 0 Å². The number of nitrogen functional groups attached to an aromatic ring is 1. The fourth-order valence-corrected chi connectivity index (χ4v) is 4.87. The van der Waals surface area contributed by atoms with E-state index in [2.05, 4.69) is 51.5 Å². The van der Waals surface area contributed by atoms with Crippen molar-refractivity contribution in [3.8, 4) is 11.1 Å². The second-order valence-corrected chi connectivity index (χ2v) is 8.52. The minimum Gasteiger partial charge on any atom is -0.396 e. The van der Waals surface area contributed by atoms with Crippen molar-refractivity contribution in [3.63, 3.8) is 0 Å². The van der Waals surface area contributed by atoms with Crippen molar-refractivity contribution in [2.45, 2.75) is 37.5 Å². The molecule has 162 valence electrons. The number of hydrogen-bond donors (Lipinski definition) is 3. The molecule has 0 unspecified atom stereocenters. The molecule has 0 amide bonds. The molecular formula is C26H26N4O2. The zero-order valence-electron chi connectivity index (χ0n) is 17.8. The molecule has 1 aliphatic rings. The number of nitrogens with one attached hydrogen (secondary N) is 1. The molecule has 2 heterocycles. The lowest BCUT2D eigenvalue weighted by Gasteiger charge is -2.43. The van der Waals surface area contributed by atoms with E-state index in [1.807, 2.05) is 12.1 Å². The van der Waals surface area contributed by atoms with E-state index in [1.54, 1.807) is 12.4 Å². The molecule has 6 nitrogen and oxygen atoms in total. The Balaban J connectivity index is 1.52. The molecule has 5 rings (SSSR count). The molecule has 32 heavy (non-hydrogen) atoms. The summed E-state index contributed by atoms with van der Waals surface area (Å²) in [4.78, 5) is 24.2. The Hall–Kier alpha value is -3.51. The third kappa shape index (κ3) is 3.37. The van der Waals surface area contributed by atoms with Crippen LogP contribution in [0.2, 0.25) is 0 Å². The van der Waals surface area contributed by atoms with Gasteiger partial charge in [-0.1, -0.05) is 42.8 Å². The molecule has 2 aromatic carbocycles. The van der Waals surface area contributed by atoms with Gasteiger partial charge in [0.25, 0.3) is 0 Å². The van der Waals surface area contributed by atoms with Gasteiger partial charge < -0.3 is 15.8 Å². The fourth-order valence-electron chi connectivity index (χ4n) is 4.87. The number of ketones is 1. The molecular weight excluding hydrogens is 400 g/mol. The van der Waals surface area contributed by atoms with E-state index in [0.29, 0.717) is 18.4 Å². The molecule has 0 saturated heterocycles. The summed E-state index contributed by atoms with van der Waals surface area (Å²) in [6, 6.07) is 14.6. The number of aromatic amines is 1. The van der Waals surface area contributed by atoms with Crippen molar-refractivity contribution in [3.05, 3.63) is 77.7 Å². The zero-order chi connectivity index (χ0) is 22.1. The van der Waals surface area contributed by atoms with Gasteiger partial charge in [0.15, 0.2) is 5.78 Å². The maximum atomic E-state index is 12.7. The van der Waals surface area contributed by atoms with E-state index in [1.165, 1.54) is 17.5 Å². The van der Waals surface area contributed by atoms with Gasteiger partial charge in [0, 0.05) is 53.5 Å². The Morgan fingerprint density at radius 3 is 2.47 bits per heavy atom. The Morgan fingerprint density at radius 1 is 1.06 bits per heavy atom. The molecule has 0 radical (unpaired) electrons. The van der Waals surface area contributed by atoms with Crippen molar-refractivity contribution < 1.29 is 9.90 Å². The quantitative estimate of drug-likeness (QED) is 0.374. The number of carbonyl (C=O) groups excluding carboxylic acids is 1. The van der Waals surface area contributed by atoms with Crippen LogP contribution in [-0.2, 0) is 5.41 Å². The first-order valence-electron chi connectivity index (χ1n) is 11.1. The van der Waals surface area contributed by atoms with Gasteiger partial charge in [-0.05, 0) is 42.0 Å². The molecule has 2 aromatic heterocycles. The topological polar surface area (TPSA) is 105 Å². The number of fused-ring (bicyclic) bond motifs is 1. The number of para-hydroxylation sites is 1. The molecule has 0 spiro atoms. The number of carbonyl (C=O) groups is 1. The first-order chi connectivity index (χ1) is 15.6. The summed E-state index contributed by atoms with van der Waals surface area (Å²) in [5, 5.41) is 10.2. The number of nitrogens with two attached hydrogens (primary N) is 1. The van der Waals surface area contributed by atoms with E-state index >= 15 is 0 Å². The molecule has 4 aromatic rings. The molecule has 0 bridgehead atoms. The van der Waals surface area contributed by atoms with Crippen LogP contribution in [0, 0.1) is 0 Å². The molecule has 0 aliphatic heterocycles. The summed E-state index contributed by atoms with van der Waals surface area (Å²) < 4.78 is 0. The first-order valence-corrected chi connectivity index (χ1v) is 11.1. The van der Waals surface area contributed by atoms with Gasteiger partial charge in [-0.15, -0.1) is 0 Å². The smallest absolute Gasteiger partial charge is 0.219 e. The van der Waals surface area contributed by atoms with Crippen LogP contribution >= 0.6 is 0 Å². The SMILES string of the molecule is Nc1ncc(-c2ccc(C3(c4c[nH]c5c(C(=O)CCCO)cccc45)CCC3)cc2)cn1. The highest BCUT2D eigenvalue weighted by Crippen LogP contribution is 2.51. The van der Waals surface area contributed by atoms with Crippen molar-refractivity contribution in [1.29, 1.82) is 0 Å². The summed E-state index contributed by atoms with van der Waals surface area (Å²) in [5.41, 5.74) is 11.7. The van der Waals surface area contributed by atoms with Gasteiger partial charge in [0.1, 0.15) is 0 Å². The van der Waals surface area contributed by atoms with Crippen LogP contribution in [0.15, 0.2) is 61.1 Å². The second-order valence-electron chi connectivity index (χ2n) is 8.52. The summed E-state index contributed by atoms with van der Waals surface area (Å²) in [5.74, 6) is 0.336. The van der Waals surface area contributed by atoms with E-state index in [9.17, 15) is 4.79 Å². The highest BCUT2D eigenvalue weighted by molar-refractivity contribution is 6.07. The number of aliphatic hydroxyl groups excluding tert-OH is 1. The monoisotopic (exact) mass is 426 g/mol. The van der Waals surface area contributed by atoms with Crippen molar-refractivity contribution in [1.82, 2.24) is 15.0 Å². The average molecular weight is 427 g/mol. The number of aromatic nitrogens is 3. The maximum Gasteiger partial charge on any atom is 0.219 e. The number of Topliss-reactive ketones (excluding diaryl/α,β-unsaturated/α-hetero) is 1. The summed E-state index contributed by atoms with van der Waals surface area (Å²) in [6.45, 7) is 0.0271. The van der Waals surface area contributed by atoms with Gasteiger partial charge >= 0.3 is 0 Å². The Kier molecular flexibility index (Phi) is 5.23. The number of rotatable bonds is 7. The number of nitrogens with zero attached hydrogens (tertiary/aromatic N) is 2. The lowest BCUT2D eigenvalue weighted by molar-refractivity contribution is 0.0972. The van der Waals surface area contributed by atoms with E-state index in [-0.39, 0.29) is 23.8 Å². The van der Waals surface area contributed by atoms with Crippen LogP contribution in [0.25, 0.3) is 22.0 Å². The third-order valence-corrected chi connectivity index (χ3v) is 6.74. The van der Waals surface area contributed by atoms with Crippen molar-refractivity contribution >= 4 is 22.6 Å². The van der Waals surface area contributed by atoms with Crippen LogP contribution in [0.1, 0.15) is 53.6 Å². The number of hydrogen-bond acceptors (Lipinski definition) is 5. The Labute approximate surface area is 186 Å². The van der Waals surface area contributed by atoms with Crippen LogP contribution in [0.3, 0.4) is 0 Å². The Morgan fingerprint density at radius 2 is 1.81 bits per heavy atom. The van der Waals surface area contributed by atoms with E-state index in [0.717, 1.165) is 34.9 Å². The minimum absolute atomic E-state index is 0.0271. The number of anilines is 1. The predicted molar refractivity (Wildman–Crippen MR) is 125 cm³/mol. The maximum absolute atomic E-state index is 12.7. The summed E-state index contributed by atoms with van der Waals surface area (Å²) >= 11 is 0. The Bertz CT molecular complexity index is 1260. The first kappa shape index (κ1) is 20.4. The highest BCUT2D eigenvalue weighted by atomic mass is 16.3. The lowest BCUT2D eigenvalue weighted by atomic mass is 9.60. The second kappa shape index (κ2) is 8.20. The molecule has 1 saturated carbocycles. The van der Waals surface area contributed by atoms with Gasteiger partial charge in [0.05, 0.1) is 5.52 Å². The lowest BCUT2D eigenvalue weighted by Crippen LogP contribution is -2.35. The van der Waals surface area contributed by atoms with Crippen LogP contribution in [0.4, 0.5) is 5.95 Å². The molecule has 1 fully saturated rings. The standard InChI is InChI=1S/C26H26N4O2/c27-25-29-14-18(15-30-25)17-7-9-19(10-8-17)26(11-3-12-26)22-16-28-24-20(22)4-1-5-21(24)23(32)6-2-13-31/h1,4-5,7-10,14-16,28,31H,2-3,6,11-13H2,(H2,27,29,30). The fraction of sp³-hybridized carbons (Fsp3) is 0.269. The molecule has 0 atom stereocenters. The van der Waals surface area contributed by atoms with Crippen LogP contribution < -0.4 is 5.73 Å².